The molecule has 2 saturated heterocycles. The van der Waals surface area contributed by atoms with Crippen LogP contribution in [0.25, 0.3) is 0 Å². The van der Waals surface area contributed by atoms with Crippen LogP contribution < -0.4 is 20.3 Å². The molecule has 0 bridgehead atoms. The number of rotatable bonds is 4. The van der Waals surface area contributed by atoms with E-state index in [0.29, 0.717) is 19.1 Å². The van der Waals surface area contributed by atoms with Crippen molar-refractivity contribution in [3.63, 3.8) is 0 Å². The molecule has 0 aromatic heterocycles. The summed E-state index contributed by atoms with van der Waals surface area (Å²) in [7, 11) is 1.68. The Morgan fingerprint density at radius 1 is 1.11 bits per heavy atom. The van der Waals surface area contributed by atoms with Crippen molar-refractivity contribution in [1.82, 2.24) is 15.5 Å². The standard InChI is InChI=1S/C21H30N4O3/c1-28-19-9-5-4-8-18(19)24-10-12-25(13-11-24)20(26)14-17-21(27)23-16-7-3-2-6-15(16)22-17/h4-5,8-9,15-17,22H,2-3,6-7,10-14H2,1H3,(H,23,27). The Balaban J connectivity index is 1.31. The first-order valence-electron chi connectivity index (χ1n) is 10.4. The van der Waals surface area contributed by atoms with E-state index < -0.39 is 6.04 Å². The van der Waals surface area contributed by atoms with Crippen molar-refractivity contribution < 1.29 is 14.3 Å². The Morgan fingerprint density at radius 3 is 2.57 bits per heavy atom. The molecule has 1 aromatic carbocycles. The highest BCUT2D eigenvalue weighted by molar-refractivity contribution is 5.89. The van der Waals surface area contributed by atoms with Crippen LogP contribution in [0.1, 0.15) is 32.1 Å². The molecule has 2 amide bonds. The molecule has 1 aliphatic carbocycles. The molecular weight excluding hydrogens is 356 g/mol. The van der Waals surface area contributed by atoms with Gasteiger partial charge in [0.05, 0.1) is 25.3 Å². The summed E-state index contributed by atoms with van der Waals surface area (Å²) >= 11 is 0. The van der Waals surface area contributed by atoms with E-state index in [1.165, 1.54) is 12.8 Å². The number of piperazine rings is 2. The highest BCUT2D eigenvalue weighted by Crippen LogP contribution is 2.28. The van der Waals surface area contributed by atoms with Gasteiger partial charge in [-0.05, 0) is 25.0 Å². The maximum atomic E-state index is 12.8. The fourth-order valence-electron chi connectivity index (χ4n) is 4.66. The summed E-state index contributed by atoms with van der Waals surface area (Å²) in [6, 6.07) is 8.11. The number of hydrogen-bond acceptors (Lipinski definition) is 5. The van der Waals surface area contributed by atoms with Gasteiger partial charge < -0.3 is 25.2 Å². The number of methoxy groups -OCH3 is 1. The smallest absolute Gasteiger partial charge is 0.237 e. The fraction of sp³-hybridized carbons (Fsp3) is 0.619. The minimum absolute atomic E-state index is 0.0239. The van der Waals surface area contributed by atoms with E-state index in [4.69, 9.17) is 4.74 Å². The molecule has 3 fully saturated rings. The summed E-state index contributed by atoms with van der Waals surface area (Å²) in [4.78, 5) is 29.3. The number of nitrogens with zero attached hydrogens (tertiary/aromatic N) is 2. The molecule has 0 radical (unpaired) electrons. The normalized spacial score (nSPS) is 27.8. The molecule has 152 valence electrons. The molecule has 1 aromatic rings. The Bertz CT molecular complexity index is 717. The first-order chi connectivity index (χ1) is 13.7. The third-order valence-corrected chi connectivity index (χ3v) is 6.26. The number of hydrogen-bond donors (Lipinski definition) is 2. The molecule has 3 atom stereocenters. The zero-order valence-corrected chi connectivity index (χ0v) is 16.5. The topological polar surface area (TPSA) is 73.9 Å². The summed E-state index contributed by atoms with van der Waals surface area (Å²) < 4.78 is 5.45. The van der Waals surface area contributed by atoms with E-state index in [-0.39, 0.29) is 24.3 Å². The van der Waals surface area contributed by atoms with Gasteiger partial charge >= 0.3 is 0 Å². The van der Waals surface area contributed by atoms with Crippen LogP contribution in [0.15, 0.2) is 24.3 Å². The Labute approximate surface area is 166 Å². The molecule has 3 aliphatic rings. The quantitative estimate of drug-likeness (QED) is 0.812. The van der Waals surface area contributed by atoms with Gasteiger partial charge in [0, 0.05) is 38.3 Å². The number of fused-ring (bicyclic) bond motifs is 1. The number of amides is 2. The summed E-state index contributed by atoms with van der Waals surface area (Å²) in [6.45, 7) is 2.86. The van der Waals surface area contributed by atoms with Crippen LogP contribution in [0, 0.1) is 0 Å². The SMILES string of the molecule is COc1ccccc1N1CCN(C(=O)CC2NC3CCCCC3NC2=O)CC1. The molecule has 1 saturated carbocycles. The van der Waals surface area contributed by atoms with Crippen molar-refractivity contribution in [2.75, 3.05) is 38.2 Å². The highest BCUT2D eigenvalue weighted by Gasteiger charge is 2.37. The summed E-state index contributed by atoms with van der Waals surface area (Å²) in [5.41, 5.74) is 1.06. The lowest BCUT2D eigenvalue weighted by atomic mass is 9.87. The molecule has 7 nitrogen and oxygen atoms in total. The number of ether oxygens (including phenoxy) is 1. The summed E-state index contributed by atoms with van der Waals surface area (Å²) in [6.07, 6.45) is 4.71. The second kappa shape index (κ2) is 8.39. The maximum absolute atomic E-state index is 12.8. The zero-order valence-electron chi connectivity index (χ0n) is 16.5. The van der Waals surface area contributed by atoms with Gasteiger partial charge in [-0.15, -0.1) is 0 Å². The van der Waals surface area contributed by atoms with Gasteiger partial charge in [0.2, 0.25) is 11.8 Å². The lowest BCUT2D eigenvalue weighted by molar-refractivity contribution is -0.136. The first kappa shape index (κ1) is 19.1. The Kier molecular flexibility index (Phi) is 5.71. The summed E-state index contributed by atoms with van der Waals surface area (Å²) in [5.74, 6) is 0.887. The minimum atomic E-state index is -0.404. The average Bonchev–Trinajstić information content (AvgIpc) is 2.74. The van der Waals surface area contributed by atoms with E-state index in [1.54, 1.807) is 7.11 Å². The van der Waals surface area contributed by atoms with Crippen molar-refractivity contribution in [2.45, 2.75) is 50.2 Å². The number of carbonyl (C=O) groups is 2. The monoisotopic (exact) mass is 386 g/mol. The lowest BCUT2D eigenvalue weighted by Crippen LogP contribution is -2.65. The number of benzene rings is 1. The van der Waals surface area contributed by atoms with E-state index in [0.717, 1.165) is 37.4 Å². The molecule has 4 rings (SSSR count). The van der Waals surface area contributed by atoms with Gasteiger partial charge in [-0.1, -0.05) is 25.0 Å². The molecule has 3 unspecified atom stereocenters. The van der Waals surface area contributed by atoms with Gasteiger partial charge in [0.1, 0.15) is 5.75 Å². The second-order valence-corrected chi connectivity index (χ2v) is 7.97. The maximum Gasteiger partial charge on any atom is 0.237 e. The number of nitrogens with one attached hydrogen (secondary N) is 2. The first-order valence-corrected chi connectivity index (χ1v) is 10.4. The van der Waals surface area contributed by atoms with E-state index in [1.807, 2.05) is 29.2 Å². The predicted octanol–water partition coefficient (Wildman–Crippen LogP) is 1.13. The van der Waals surface area contributed by atoms with Gasteiger partial charge in [0.25, 0.3) is 0 Å². The molecule has 2 heterocycles. The Morgan fingerprint density at radius 2 is 1.82 bits per heavy atom. The van der Waals surface area contributed by atoms with E-state index >= 15 is 0 Å². The largest absolute Gasteiger partial charge is 0.495 e. The van der Waals surface area contributed by atoms with Gasteiger partial charge in [-0.2, -0.15) is 0 Å². The molecular formula is C21H30N4O3. The van der Waals surface area contributed by atoms with Crippen LogP contribution in [0.5, 0.6) is 5.75 Å². The van der Waals surface area contributed by atoms with Crippen LogP contribution in [0.3, 0.4) is 0 Å². The van der Waals surface area contributed by atoms with Crippen LogP contribution in [-0.4, -0.2) is 68.1 Å². The van der Waals surface area contributed by atoms with Crippen LogP contribution in [-0.2, 0) is 9.59 Å². The van der Waals surface area contributed by atoms with Crippen molar-refractivity contribution in [1.29, 1.82) is 0 Å². The molecule has 28 heavy (non-hydrogen) atoms. The summed E-state index contributed by atoms with van der Waals surface area (Å²) in [5, 5.41) is 6.56. The number of para-hydroxylation sites is 2. The van der Waals surface area contributed by atoms with Gasteiger partial charge in [0.15, 0.2) is 0 Å². The number of carbonyl (C=O) groups excluding carboxylic acids is 2. The van der Waals surface area contributed by atoms with E-state index in [9.17, 15) is 9.59 Å². The van der Waals surface area contributed by atoms with Gasteiger partial charge in [-0.3, -0.25) is 9.59 Å². The van der Waals surface area contributed by atoms with Crippen molar-refractivity contribution in [3.8, 4) is 5.75 Å². The third kappa shape index (κ3) is 3.94. The van der Waals surface area contributed by atoms with Crippen molar-refractivity contribution in [2.24, 2.45) is 0 Å². The zero-order chi connectivity index (χ0) is 19.5. The van der Waals surface area contributed by atoms with Crippen LogP contribution in [0.4, 0.5) is 5.69 Å². The van der Waals surface area contributed by atoms with Gasteiger partial charge in [-0.25, -0.2) is 0 Å². The highest BCUT2D eigenvalue weighted by atomic mass is 16.5. The Hall–Kier alpha value is -2.28. The molecule has 2 aliphatic heterocycles. The minimum Gasteiger partial charge on any atom is -0.495 e. The molecule has 2 N–H and O–H groups in total. The van der Waals surface area contributed by atoms with Crippen LogP contribution in [0.2, 0.25) is 0 Å². The molecule has 7 heteroatoms. The second-order valence-electron chi connectivity index (χ2n) is 7.97. The predicted molar refractivity (Wildman–Crippen MR) is 108 cm³/mol. The van der Waals surface area contributed by atoms with Crippen molar-refractivity contribution in [3.05, 3.63) is 24.3 Å². The average molecular weight is 386 g/mol. The van der Waals surface area contributed by atoms with Crippen LogP contribution >= 0.6 is 0 Å². The fourth-order valence-corrected chi connectivity index (χ4v) is 4.66. The lowest BCUT2D eigenvalue weighted by Gasteiger charge is -2.41. The third-order valence-electron chi connectivity index (χ3n) is 6.26. The molecule has 0 spiro atoms. The number of anilines is 1. The van der Waals surface area contributed by atoms with Crippen molar-refractivity contribution >= 4 is 17.5 Å². The van der Waals surface area contributed by atoms with E-state index in [2.05, 4.69) is 15.5 Å².